The topological polar surface area (TPSA) is 84.9 Å². The molecular formula is C26H25NO5. The van der Waals surface area contributed by atoms with Crippen LogP contribution >= 0.6 is 0 Å². The normalized spacial score (nSPS) is 13.0. The van der Waals surface area contributed by atoms with Gasteiger partial charge in [0.15, 0.2) is 0 Å². The highest BCUT2D eigenvalue weighted by Crippen LogP contribution is 2.44. The second-order valence-electron chi connectivity index (χ2n) is 7.75. The van der Waals surface area contributed by atoms with E-state index < -0.39 is 18.1 Å². The summed E-state index contributed by atoms with van der Waals surface area (Å²) in [7, 11) is 1.58. The zero-order valence-corrected chi connectivity index (χ0v) is 17.8. The lowest BCUT2D eigenvalue weighted by Gasteiger charge is -2.17. The number of carbonyl (C=O) groups excluding carboxylic acids is 1. The number of amides is 1. The predicted octanol–water partition coefficient (Wildman–Crippen LogP) is 4.62. The molecule has 6 nitrogen and oxygen atoms in total. The Labute approximate surface area is 186 Å². The molecule has 4 rings (SSSR count). The van der Waals surface area contributed by atoms with Gasteiger partial charge in [-0.2, -0.15) is 0 Å². The van der Waals surface area contributed by atoms with Crippen LogP contribution in [0.3, 0.4) is 0 Å². The minimum Gasteiger partial charge on any atom is -0.497 e. The van der Waals surface area contributed by atoms with Crippen molar-refractivity contribution in [2.45, 2.75) is 24.8 Å². The van der Waals surface area contributed by atoms with Crippen LogP contribution in [0.25, 0.3) is 11.1 Å². The maximum atomic E-state index is 12.4. The highest BCUT2D eigenvalue weighted by molar-refractivity contribution is 5.81. The monoisotopic (exact) mass is 431 g/mol. The lowest BCUT2D eigenvalue weighted by atomic mass is 9.98. The van der Waals surface area contributed by atoms with Crippen molar-refractivity contribution in [2.24, 2.45) is 0 Å². The number of benzene rings is 3. The van der Waals surface area contributed by atoms with Gasteiger partial charge in [-0.25, -0.2) is 9.59 Å². The molecule has 1 aliphatic carbocycles. The molecule has 0 aromatic heterocycles. The number of fused-ring (bicyclic) bond motifs is 3. The minimum atomic E-state index is -1.10. The Morgan fingerprint density at radius 2 is 1.62 bits per heavy atom. The van der Waals surface area contributed by atoms with E-state index in [1.54, 1.807) is 7.11 Å². The van der Waals surface area contributed by atoms with Crippen molar-refractivity contribution in [3.05, 3.63) is 89.5 Å². The average Bonchev–Trinajstić information content (AvgIpc) is 3.14. The van der Waals surface area contributed by atoms with Gasteiger partial charge < -0.3 is 19.9 Å². The number of aryl methyl sites for hydroxylation is 1. The highest BCUT2D eigenvalue weighted by atomic mass is 16.5. The predicted molar refractivity (Wildman–Crippen MR) is 121 cm³/mol. The largest absolute Gasteiger partial charge is 0.497 e. The van der Waals surface area contributed by atoms with Crippen molar-refractivity contribution >= 4 is 12.1 Å². The SMILES string of the molecule is COc1cccc(CC[C@@H](NC(=O)OCC2c3ccccc3-c3ccccc32)C(=O)O)c1. The molecule has 32 heavy (non-hydrogen) atoms. The second-order valence-corrected chi connectivity index (χ2v) is 7.75. The molecule has 2 N–H and O–H groups in total. The van der Waals surface area contributed by atoms with Crippen LogP contribution in [-0.4, -0.2) is 36.9 Å². The van der Waals surface area contributed by atoms with Crippen LogP contribution in [0.4, 0.5) is 4.79 Å². The molecule has 6 heteroatoms. The zero-order chi connectivity index (χ0) is 22.5. The fourth-order valence-electron chi connectivity index (χ4n) is 4.18. The number of ether oxygens (including phenoxy) is 2. The number of hydrogen-bond donors (Lipinski definition) is 2. The number of rotatable bonds is 8. The summed E-state index contributed by atoms with van der Waals surface area (Å²) >= 11 is 0. The highest BCUT2D eigenvalue weighted by Gasteiger charge is 2.29. The van der Waals surface area contributed by atoms with Crippen molar-refractivity contribution in [3.8, 4) is 16.9 Å². The molecule has 0 heterocycles. The van der Waals surface area contributed by atoms with Gasteiger partial charge in [-0.3, -0.25) is 0 Å². The first kappa shape index (κ1) is 21.4. The molecule has 0 aliphatic heterocycles. The van der Waals surface area contributed by atoms with Crippen molar-refractivity contribution in [1.82, 2.24) is 5.32 Å². The number of hydrogen-bond acceptors (Lipinski definition) is 4. The van der Waals surface area contributed by atoms with Gasteiger partial charge in [0, 0.05) is 5.92 Å². The molecule has 0 saturated heterocycles. The Balaban J connectivity index is 1.37. The zero-order valence-electron chi connectivity index (χ0n) is 17.8. The van der Waals surface area contributed by atoms with Gasteiger partial charge in [0.05, 0.1) is 7.11 Å². The smallest absolute Gasteiger partial charge is 0.407 e. The van der Waals surface area contributed by atoms with Crippen LogP contribution in [0.1, 0.15) is 29.0 Å². The molecule has 0 unspecified atom stereocenters. The van der Waals surface area contributed by atoms with Gasteiger partial charge in [-0.15, -0.1) is 0 Å². The Morgan fingerprint density at radius 1 is 0.969 bits per heavy atom. The van der Waals surface area contributed by atoms with Crippen LogP contribution in [0.5, 0.6) is 5.75 Å². The van der Waals surface area contributed by atoms with Crippen molar-refractivity contribution < 1.29 is 24.2 Å². The van der Waals surface area contributed by atoms with E-state index in [1.165, 1.54) is 0 Å². The number of nitrogens with one attached hydrogen (secondary N) is 1. The van der Waals surface area contributed by atoms with E-state index in [1.807, 2.05) is 60.7 Å². The molecule has 164 valence electrons. The van der Waals surface area contributed by atoms with Gasteiger partial charge in [-0.1, -0.05) is 60.7 Å². The summed E-state index contributed by atoms with van der Waals surface area (Å²) in [5.41, 5.74) is 5.42. The standard InChI is InChI=1S/C26H25NO5/c1-31-18-8-6-7-17(15-18)13-14-24(25(28)29)27-26(30)32-16-23-21-11-4-2-9-19(21)20-10-3-5-12-22(20)23/h2-12,15,23-24H,13-14,16H2,1H3,(H,27,30)(H,28,29)/t24-/m1/s1. The Hall–Kier alpha value is -3.80. The third-order valence-corrected chi connectivity index (χ3v) is 5.79. The molecule has 0 bridgehead atoms. The summed E-state index contributed by atoms with van der Waals surface area (Å²) in [6, 6.07) is 22.5. The number of carboxylic acids is 1. The van der Waals surface area contributed by atoms with E-state index in [0.29, 0.717) is 12.2 Å². The van der Waals surface area contributed by atoms with Crippen molar-refractivity contribution in [2.75, 3.05) is 13.7 Å². The molecule has 3 aromatic carbocycles. The summed E-state index contributed by atoms with van der Waals surface area (Å²) in [4.78, 5) is 24.1. The maximum Gasteiger partial charge on any atom is 0.407 e. The van der Waals surface area contributed by atoms with E-state index >= 15 is 0 Å². The van der Waals surface area contributed by atoms with Gasteiger partial charge in [0.25, 0.3) is 0 Å². The average molecular weight is 431 g/mol. The van der Waals surface area contributed by atoms with Gasteiger partial charge >= 0.3 is 12.1 Å². The third-order valence-electron chi connectivity index (χ3n) is 5.79. The number of aliphatic carboxylic acids is 1. The Bertz CT molecular complexity index is 1080. The van der Waals surface area contributed by atoms with E-state index in [4.69, 9.17) is 9.47 Å². The summed E-state index contributed by atoms with van der Waals surface area (Å²) in [5.74, 6) is -0.464. The van der Waals surface area contributed by atoms with Crippen LogP contribution in [0, 0.1) is 0 Å². The summed E-state index contributed by atoms with van der Waals surface area (Å²) < 4.78 is 10.7. The summed E-state index contributed by atoms with van der Waals surface area (Å²) in [5, 5.41) is 12.0. The molecule has 0 saturated carbocycles. The van der Waals surface area contributed by atoms with Gasteiger partial charge in [0.1, 0.15) is 18.4 Å². The van der Waals surface area contributed by atoms with Crippen molar-refractivity contribution in [3.63, 3.8) is 0 Å². The fourth-order valence-corrected chi connectivity index (χ4v) is 4.18. The molecule has 1 aliphatic rings. The van der Waals surface area contributed by atoms with Crippen molar-refractivity contribution in [1.29, 1.82) is 0 Å². The van der Waals surface area contributed by atoms with Gasteiger partial charge in [-0.05, 0) is 52.8 Å². The van der Waals surface area contributed by atoms with Crippen LogP contribution in [0.15, 0.2) is 72.8 Å². The first-order valence-electron chi connectivity index (χ1n) is 10.5. The number of carbonyl (C=O) groups is 2. The minimum absolute atomic E-state index is 0.0757. The van der Waals surface area contributed by atoms with Crippen LogP contribution in [0.2, 0.25) is 0 Å². The molecule has 1 atom stereocenters. The molecule has 0 fully saturated rings. The fraction of sp³-hybridized carbons (Fsp3) is 0.231. The quantitative estimate of drug-likeness (QED) is 0.544. The summed E-state index contributed by atoms with van der Waals surface area (Å²) in [6.45, 7) is 0.141. The molecule has 0 radical (unpaired) electrons. The van der Waals surface area contributed by atoms with E-state index in [0.717, 1.165) is 27.8 Å². The number of methoxy groups -OCH3 is 1. The van der Waals surface area contributed by atoms with E-state index in [-0.39, 0.29) is 18.9 Å². The number of alkyl carbamates (subject to hydrolysis) is 1. The van der Waals surface area contributed by atoms with Crippen LogP contribution in [-0.2, 0) is 16.0 Å². The van der Waals surface area contributed by atoms with Gasteiger partial charge in [0.2, 0.25) is 0 Å². The second kappa shape index (κ2) is 9.56. The molecular weight excluding hydrogens is 406 g/mol. The Kier molecular flexibility index (Phi) is 6.40. The lowest BCUT2D eigenvalue weighted by Crippen LogP contribution is -2.41. The molecule has 1 amide bonds. The molecule has 0 spiro atoms. The maximum absolute atomic E-state index is 12.4. The van der Waals surface area contributed by atoms with E-state index in [9.17, 15) is 14.7 Å². The van der Waals surface area contributed by atoms with E-state index in [2.05, 4.69) is 17.4 Å². The first-order chi connectivity index (χ1) is 15.6. The summed E-state index contributed by atoms with van der Waals surface area (Å²) in [6.07, 6.45) is -0.00486. The lowest BCUT2D eigenvalue weighted by molar-refractivity contribution is -0.139. The number of carboxylic acid groups (broad SMARTS) is 1. The van der Waals surface area contributed by atoms with Crippen LogP contribution < -0.4 is 10.1 Å². The first-order valence-corrected chi connectivity index (χ1v) is 10.5. The Morgan fingerprint density at radius 3 is 2.25 bits per heavy atom. The molecule has 3 aromatic rings. The third kappa shape index (κ3) is 4.59.